The third-order valence-electron chi connectivity index (χ3n) is 2.37. The van der Waals surface area contributed by atoms with E-state index in [1.54, 1.807) is 6.20 Å². The summed E-state index contributed by atoms with van der Waals surface area (Å²) in [6, 6.07) is 0. The molecule has 0 saturated heterocycles. The predicted octanol–water partition coefficient (Wildman–Crippen LogP) is 0.281. The summed E-state index contributed by atoms with van der Waals surface area (Å²) in [5.74, 6) is -0.444. The van der Waals surface area contributed by atoms with Crippen molar-refractivity contribution in [2.24, 2.45) is 0 Å². The normalized spacial score (nSPS) is 11.8. The molecule has 0 radical (unpaired) electrons. The number of thiazole rings is 1. The van der Waals surface area contributed by atoms with Gasteiger partial charge in [-0.2, -0.15) is 17.4 Å². The smallest absolute Gasteiger partial charge is 0.306 e. The van der Waals surface area contributed by atoms with Crippen LogP contribution in [-0.2, 0) is 26.3 Å². The average molecular weight is 307 g/mol. The van der Waals surface area contributed by atoms with Gasteiger partial charge in [-0.25, -0.2) is 4.98 Å². The van der Waals surface area contributed by atoms with Crippen molar-refractivity contribution in [2.75, 3.05) is 20.7 Å². The standard InChI is InChI=1S/C10H17N3O4S2/c1-8-11-6-9(18-8)7-12-19(15,16)13(2)5-4-10(14)17-3/h6,12H,4-5,7H2,1-3H3. The number of hydrogen-bond acceptors (Lipinski definition) is 6. The second kappa shape index (κ2) is 6.94. The van der Waals surface area contributed by atoms with Crippen molar-refractivity contribution in [1.29, 1.82) is 0 Å². The van der Waals surface area contributed by atoms with Gasteiger partial charge in [-0.05, 0) is 6.92 Å². The zero-order chi connectivity index (χ0) is 14.5. The highest BCUT2D eigenvalue weighted by Crippen LogP contribution is 2.11. The highest BCUT2D eigenvalue weighted by Gasteiger charge is 2.18. The van der Waals surface area contributed by atoms with Crippen molar-refractivity contribution in [1.82, 2.24) is 14.0 Å². The van der Waals surface area contributed by atoms with Crippen LogP contribution in [0.3, 0.4) is 0 Å². The first-order valence-corrected chi connectivity index (χ1v) is 7.80. The topological polar surface area (TPSA) is 88.6 Å². The van der Waals surface area contributed by atoms with Gasteiger partial charge in [-0.1, -0.05) is 0 Å². The van der Waals surface area contributed by atoms with Crippen molar-refractivity contribution < 1.29 is 17.9 Å². The lowest BCUT2D eigenvalue weighted by atomic mass is 10.4. The van der Waals surface area contributed by atoms with Crippen LogP contribution in [0.1, 0.15) is 16.3 Å². The second-order valence-electron chi connectivity index (χ2n) is 3.82. The zero-order valence-corrected chi connectivity index (χ0v) is 12.7. The molecule has 19 heavy (non-hydrogen) atoms. The van der Waals surface area contributed by atoms with E-state index in [1.165, 1.54) is 25.5 Å². The molecular formula is C10H17N3O4S2. The van der Waals surface area contributed by atoms with Crippen LogP contribution in [0.4, 0.5) is 0 Å². The molecule has 0 amide bonds. The predicted molar refractivity (Wildman–Crippen MR) is 71.9 cm³/mol. The number of carbonyl (C=O) groups is 1. The van der Waals surface area contributed by atoms with Gasteiger partial charge in [0.05, 0.1) is 18.5 Å². The van der Waals surface area contributed by atoms with Crippen LogP contribution in [0.15, 0.2) is 6.20 Å². The highest BCUT2D eigenvalue weighted by molar-refractivity contribution is 7.87. The lowest BCUT2D eigenvalue weighted by Gasteiger charge is -2.16. The molecule has 1 aromatic rings. The van der Waals surface area contributed by atoms with Gasteiger partial charge in [0.1, 0.15) is 0 Å². The molecule has 108 valence electrons. The summed E-state index contributed by atoms with van der Waals surface area (Å²) in [5, 5.41) is 0.883. The van der Waals surface area contributed by atoms with E-state index in [0.29, 0.717) is 0 Å². The van der Waals surface area contributed by atoms with Gasteiger partial charge in [0.25, 0.3) is 10.2 Å². The summed E-state index contributed by atoms with van der Waals surface area (Å²) in [7, 11) is -0.928. The van der Waals surface area contributed by atoms with Crippen LogP contribution in [-0.4, -0.2) is 44.4 Å². The summed E-state index contributed by atoms with van der Waals surface area (Å²) >= 11 is 1.43. The number of ether oxygens (including phenoxy) is 1. The molecule has 1 heterocycles. The number of nitrogens with zero attached hydrogens (tertiary/aromatic N) is 2. The largest absolute Gasteiger partial charge is 0.469 e. The fourth-order valence-corrected chi connectivity index (χ4v) is 2.95. The number of esters is 1. The molecule has 0 aliphatic carbocycles. The maximum Gasteiger partial charge on any atom is 0.306 e. The van der Waals surface area contributed by atoms with E-state index in [2.05, 4.69) is 14.4 Å². The maximum absolute atomic E-state index is 11.9. The monoisotopic (exact) mass is 307 g/mol. The van der Waals surface area contributed by atoms with E-state index < -0.39 is 16.2 Å². The lowest BCUT2D eigenvalue weighted by Crippen LogP contribution is -2.38. The van der Waals surface area contributed by atoms with E-state index in [0.717, 1.165) is 14.2 Å². The number of carbonyl (C=O) groups excluding carboxylic acids is 1. The molecular weight excluding hydrogens is 290 g/mol. The van der Waals surface area contributed by atoms with Gasteiger partial charge < -0.3 is 4.74 Å². The molecule has 0 bridgehead atoms. The number of nitrogens with one attached hydrogen (secondary N) is 1. The van der Waals surface area contributed by atoms with E-state index in [9.17, 15) is 13.2 Å². The molecule has 9 heteroatoms. The van der Waals surface area contributed by atoms with E-state index in [-0.39, 0.29) is 19.5 Å². The molecule has 0 aliphatic rings. The molecule has 0 atom stereocenters. The van der Waals surface area contributed by atoms with Gasteiger partial charge in [-0.3, -0.25) is 4.79 Å². The summed E-state index contributed by atoms with van der Waals surface area (Å²) in [5.41, 5.74) is 0. The molecule has 1 rings (SSSR count). The van der Waals surface area contributed by atoms with Crippen molar-refractivity contribution >= 4 is 27.5 Å². The Morgan fingerprint density at radius 2 is 2.26 bits per heavy atom. The molecule has 0 fully saturated rings. The Morgan fingerprint density at radius 3 is 2.79 bits per heavy atom. The second-order valence-corrected chi connectivity index (χ2v) is 7.00. The molecule has 7 nitrogen and oxygen atoms in total. The van der Waals surface area contributed by atoms with Crippen molar-refractivity contribution in [3.05, 3.63) is 16.1 Å². The maximum atomic E-state index is 11.9. The van der Waals surface area contributed by atoms with Gasteiger partial charge in [0.15, 0.2) is 0 Å². The zero-order valence-electron chi connectivity index (χ0n) is 11.0. The Hall–Kier alpha value is -1.03. The Balaban J connectivity index is 2.48. The van der Waals surface area contributed by atoms with Crippen molar-refractivity contribution in [2.45, 2.75) is 19.9 Å². The minimum atomic E-state index is -3.60. The van der Waals surface area contributed by atoms with Gasteiger partial charge in [-0.15, -0.1) is 11.3 Å². The Bertz CT molecular complexity index is 527. The van der Waals surface area contributed by atoms with Gasteiger partial charge in [0, 0.05) is 31.2 Å². The summed E-state index contributed by atoms with van der Waals surface area (Å²) in [6.07, 6.45) is 1.66. The molecule has 1 N–H and O–H groups in total. The number of aryl methyl sites for hydroxylation is 1. The SMILES string of the molecule is COC(=O)CCN(C)S(=O)(=O)NCc1cnc(C)s1. The van der Waals surface area contributed by atoms with Crippen molar-refractivity contribution in [3.63, 3.8) is 0 Å². The minimum absolute atomic E-state index is 0.0214. The first kappa shape index (κ1) is 16.0. The lowest BCUT2D eigenvalue weighted by molar-refractivity contribution is -0.140. The van der Waals surface area contributed by atoms with Gasteiger partial charge >= 0.3 is 5.97 Å². The molecule has 0 aromatic carbocycles. The van der Waals surface area contributed by atoms with Crippen molar-refractivity contribution in [3.8, 4) is 0 Å². The minimum Gasteiger partial charge on any atom is -0.469 e. The van der Waals surface area contributed by atoms with Crippen LogP contribution >= 0.6 is 11.3 Å². The fourth-order valence-electron chi connectivity index (χ4n) is 1.23. The number of rotatable bonds is 7. The van der Waals surface area contributed by atoms with E-state index in [1.807, 2.05) is 6.92 Å². The molecule has 0 spiro atoms. The summed E-state index contributed by atoms with van der Waals surface area (Å²) in [4.78, 5) is 15.8. The number of aromatic nitrogens is 1. The third kappa shape index (κ3) is 5.23. The molecule has 0 aliphatic heterocycles. The van der Waals surface area contributed by atoms with Crippen LogP contribution in [0, 0.1) is 6.92 Å². The van der Waals surface area contributed by atoms with Gasteiger partial charge in [0.2, 0.25) is 0 Å². The average Bonchev–Trinajstić information content (AvgIpc) is 2.79. The Labute approximate surface area is 116 Å². The molecule has 0 unspecified atom stereocenters. The number of methoxy groups -OCH3 is 1. The van der Waals surface area contributed by atoms with Crippen LogP contribution in [0.25, 0.3) is 0 Å². The first-order chi connectivity index (χ1) is 8.85. The fraction of sp³-hybridized carbons (Fsp3) is 0.600. The Kier molecular flexibility index (Phi) is 5.85. The van der Waals surface area contributed by atoms with Crippen LogP contribution in [0.2, 0.25) is 0 Å². The third-order valence-corrected chi connectivity index (χ3v) is 4.79. The quantitative estimate of drug-likeness (QED) is 0.731. The number of hydrogen-bond donors (Lipinski definition) is 1. The molecule has 0 saturated carbocycles. The summed E-state index contributed by atoms with van der Waals surface area (Å²) in [6.45, 7) is 2.12. The van der Waals surface area contributed by atoms with Crippen LogP contribution < -0.4 is 4.72 Å². The van der Waals surface area contributed by atoms with E-state index >= 15 is 0 Å². The van der Waals surface area contributed by atoms with Crippen LogP contribution in [0.5, 0.6) is 0 Å². The highest BCUT2D eigenvalue weighted by atomic mass is 32.2. The Morgan fingerprint density at radius 1 is 1.58 bits per heavy atom. The van der Waals surface area contributed by atoms with E-state index in [4.69, 9.17) is 0 Å². The first-order valence-electron chi connectivity index (χ1n) is 5.54. The summed E-state index contributed by atoms with van der Waals surface area (Å²) < 4.78 is 31.7. The molecule has 1 aromatic heterocycles.